The van der Waals surface area contributed by atoms with Crippen LogP contribution >= 0.6 is 0 Å². The molecule has 1 saturated carbocycles. The van der Waals surface area contributed by atoms with E-state index in [0.29, 0.717) is 37.5 Å². The minimum absolute atomic E-state index is 0.137. The summed E-state index contributed by atoms with van der Waals surface area (Å²) >= 11 is 0. The largest absolute Gasteiger partial charge is 0.492 e. The molecule has 4 aliphatic heterocycles. The number of nitrogens with zero attached hydrogens (tertiary/aromatic N) is 2. The molecule has 0 atom stereocenters. The molecule has 1 N–H and O–H groups in total. The molecule has 4 fully saturated rings. The van der Waals surface area contributed by atoms with E-state index in [1.807, 2.05) is 18.2 Å². The number of carbonyl (C=O) groups is 3. The smallest absolute Gasteiger partial charge is 0.255 e. The van der Waals surface area contributed by atoms with E-state index in [0.717, 1.165) is 30.9 Å². The highest BCUT2D eigenvalue weighted by molar-refractivity contribution is 6.10. The zero-order valence-corrected chi connectivity index (χ0v) is 17.8. The summed E-state index contributed by atoms with van der Waals surface area (Å²) in [4.78, 5) is 41.3. The molecular formula is C25H25N3O4. The quantitative estimate of drug-likeness (QED) is 0.707. The number of fused-ring (bicyclic) bond motifs is 3. The Balaban J connectivity index is 1.05. The van der Waals surface area contributed by atoms with Gasteiger partial charge in [-0.1, -0.05) is 30.3 Å². The van der Waals surface area contributed by atoms with E-state index < -0.39 is 5.54 Å². The molecular weight excluding hydrogens is 406 g/mol. The topological polar surface area (TPSA) is 79.0 Å². The second kappa shape index (κ2) is 7.17. The van der Waals surface area contributed by atoms with Crippen LogP contribution in [-0.4, -0.2) is 59.3 Å². The van der Waals surface area contributed by atoms with Crippen LogP contribution in [0.25, 0.3) is 0 Å². The van der Waals surface area contributed by atoms with Crippen LogP contribution in [0.15, 0.2) is 48.5 Å². The number of rotatable bonds is 6. The first-order chi connectivity index (χ1) is 15.5. The summed E-state index contributed by atoms with van der Waals surface area (Å²) < 4.78 is 5.97. The molecule has 4 heterocycles. The first kappa shape index (κ1) is 19.5. The summed E-state index contributed by atoms with van der Waals surface area (Å²) in [5, 5.41) is 2.42. The first-order valence-corrected chi connectivity index (χ1v) is 11.2. The molecule has 0 aromatic heterocycles. The van der Waals surface area contributed by atoms with E-state index >= 15 is 0 Å². The number of amides is 3. The van der Waals surface area contributed by atoms with Gasteiger partial charge in [0.2, 0.25) is 5.91 Å². The Bertz CT molecular complexity index is 1100. The number of ether oxygens (including phenoxy) is 1. The van der Waals surface area contributed by atoms with Crippen molar-refractivity contribution in [3.63, 3.8) is 0 Å². The van der Waals surface area contributed by atoms with Gasteiger partial charge in [0, 0.05) is 43.6 Å². The number of carbonyl (C=O) groups excluding carboxylic acids is 3. The van der Waals surface area contributed by atoms with E-state index in [2.05, 4.69) is 34.5 Å². The summed E-state index contributed by atoms with van der Waals surface area (Å²) in [6, 6.07) is 16.1. The summed E-state index contributed by atoms with van der Waals surface area (Å²) in [7, 11) is 0. The Morgan fingerprint density at radius 1 is 1.00 bits per heavy atom. The molecule has 5 aliphatic rings. The summed E-state index contributed by atoms with van der Waals surface area (Å²) in [5.41, 5.74) is 2.02. The third-order valence-corrected chi connectivity index (χ3v) is 7.50. The lowest BCUT2D eigenvalue weighted by Crippen LogP contribution is -2.73. The van der Waals surface area contributed by atoms with Crippen molar-refractivity contribution in [2.24, 2.45) is 5.92 Å². The van der Waals surface area contributed by atoms with Crippen molar-refractivity contribution >= 4 is 17.7 Å². The Hall–Kier alpha value is -3.19. The minimum atomic E-state index is -0.873. The highest BCUT2D eigenvalue weighted by atomic mass is 16.5. The van der Waals surface area contributed by atoms with Gasteiger partial charge in [-0.15, -0.1) is 0 Å². The standard InChI is InChI=1S/C25H25N3O4/c29-22-18-11-25(12-18,24(31)26-22)28-15-17-10-20(6-7-21(17)23(28)30)32-9-8-27-13-19(14-27)16-4-2-1-3-5-16/h1-7,10,18-19H,8-9,11-15H2,(H,26,29,31). The number of hydrogen-bond donors (Lipinski definition) is 1. The van der Waals surface area contributed by atoms with E-state index in [-0.39, 0.29) is 23.6 Å². The number of likely N-dealkylation sites (tertiary alicyclic amines) is 1. The molecule has 7 rings (SSSR count). The third-order valence-electron chi connectivity index (χ3n) is 7.50. The van der Waals surface area contributed by atoms with Crippen molar-refractivity contribution in [2.45, 2.75) is 30.8 Å². The predicted molar refractivity (Wildman–Crippen MR) is 116 cm³/mol. The number of hydrogen-bond acceptors (Lipinski definition) is 5. The number of benzene rings is 2. The SMILES string of the molecule is O=C1NC(=O)C2(N3Cc4cc(OCCN5CC(c6ccccc6)C5)ccc4C3=O)CC1C2. The zero-order valence-electron chi connectivity index (χ0n) is 17.8. The maximum Gasteiger partial charge on any atom is 0.255 e. The van der Waals surface area contributed by atoms with Crippen LogP contribution in [0.3, 0.4) is 0 Å². The Morgan fingerprint density at radius 3 is 2.53 bits per heavy atom. The van der Waals surface area contributed by atoms with E-state index in [1.54, 1.807) is 11.0 Å². The molecule has 2 aromatic carbocycles. The first-order valence-electron chi connectivity index (χ1n) is 11.2. The number of imide groups is 1. The fourth-order valence-corrected chi connectivity index (χ4v) is 5.51. The van der Waals surface area contributed by atoms with Crippen LogP contribution in [0.2, 0.25) is 0 Å². The Labute approximate surface area is 186 Å². The van der Waals surface area contributed by atoms with E-state index in [9.17, 15) is 14.4 Å². The second-order valence-corrected chi connectivity index (χ2v) is 9.38. The van der Waals surface area contributed by atoms with Crippen molar-refractivity contribution in [1.82, 2.24) is 15.1 Å². The molecule has 0 radical (unpaired) electrons. The van der Waals surface area contributed by atoms with E-state index in [4.69, 9.17) is 4.74 Å². The van der Waals surface area contributed by atoms with Gasteiger partial charge < -0.3 is 9.64 Å². The van der Waals surface area contributed by atoms with Gasteiger partial charge in [0.1, 0.15) is 17.9 Å². The van der Waals surface area contributed by atoms with Gasteiger partial charge in [0.25, 0.3) is 11.8 Å². The molecule has 1 aliphatic carbocycles. The fraction of sp³-hybridized carbons (Fsp3) is 0.400. The van der Waals surface area contributed by atoms with Crippen LogP contribution in [0.1, 0.15) is 40.2 Å². The lowest BCUT2D eigenvalue weighted by molar-refractivity contribution is -0.160. The van der Waals surface area contributed by atoms with Crippen LogP contribution in [-0.2, 0) is 16.1 Å². The predicted octanol–water partition coefficient (Wildman–Crippen LogP) is 1.93. The highest BCUT2D eigenvalue weighted by Crippen LogP contribution is 2.48. The summed E-state index contributed by atoms with van der Waals surface area (Å²) in [6.07, 6.45) is 0.862. The normalized spacial score (nSPS) is 26.9. The maximum atomic E-state index is 13.0. The summed E-state index contributed by atoms with van der Waals surface area (Å²) in [6.45, 7) is 3.94. The molecule has 0 unspecified atom stereocenters. The fourth-order valence-electron chi connectivity index (χ4n) is 5.51. The minimum Gasteiger partial charge on any atom is -0.492 e. The van der Waals surface area contributed by atoms with Crippen LogP contribution < -0.4 is 10.1 Å². The molecule has 3 saturated heterocycles. The Kier molecular flexibility index (Phi) is 4.37. The van der Waals surface area contributed by atoms with Crippen molar-refractivity contribution in [2.75, 3.05) is 26.2 Å². The zero-order chi connectivity index (χ0) is 21.9. The van der Waals surface area contributed by atoms with Gasteiger partial charge in [-0.25, -0.2) is 0 Å². The van der Waals surface area contributed by atoms with Crippen molar-refractivity contribution in [1.29, 1.82) is 0 Å². The number of nitrogens with one attached hydrogen (secondary N) is 1. The molecule has 3 amide bonds. The van der Waals surface area contributed by atoms with Crippen LogP contribution in [0, 0.1) is 5.92 Å². The van der Waals surface area contributed by atoms with Gasteiger partial charge in [-0.05, 0) is 42.2 Å². The lowest BCUT2D eigenvalue weighted by Gasteiger charge is -2.53. The van der Waals surface area contributed by atoms with E-state index in [1.165, 1.54) is 5.56 Å². The molecule has 32 heavy (non-hydrogen) atoms. The highest BCUT2D eigenvalue weighted by Gasteiger charge is 2.62. The van der Waals surface area contributed by atoms with Crippen molar-refractivity contribution in [3.05, 3.63) is 65.2 Å². The Morgan fingerprint density at radius 2 is 1.78 bits per heavy atom. The average molecular weight is 431 g/mol. The molecule has 2 aromatic rings. The molecule has 2 bridgehead atoms. The molecule has 0 spiro atoms. The maximum absolute atomic E-state index is 13.0. The van der Waals surface area contributed by atoms with Gasteiger partial charge in [0.05, 0.1) is 0 Å². The molecule has 164 valence electrons. The van der Waals surface area contributed by atoms with Gasteiger partial charge >= 0.3 is 0 Å². The van der Waals surface area contributed by atoms with Gasteiger partial charge in [-0.3, -0.25) is 24.6 Å². The third kappa shape index (κ3) is 2.95. The van der Waals surface area contributed by atoms with Gasteiger partial charge in [-0.2, -0.15) is 0 Å². The molecule has 7 heteroatoms. The van der Waals surface area contributed by atoms with Crippen molar-refractivity contribution in [3.8, 4) is 5.75 Å². The lowest BCUT2D eigenvalue weighted by atomic mass is 9.63. The molecule has 7 nitrogen and oxygen atoms in total. The monoisotopic (exact) mass is 431 g/mol. The van der Waals surface area contributed by atoms with Gasteiger partial charge in [0.15, 0.2) is 0 Å². The van der Waals surface area contributed by atoms with Crippen molar-refractivity contribution < 1.29 is 19.1 Å². The average Bonchev–Trinajstić information content (AvgIpc) is 3.05. The second-order valence-electron chi connectivity index (χ2n) is 9.38. The number of piperidine rings is 2. The van der Waals surface area contributed by atoms with Crippen LogP contribution in [0.4, 0.5) is 0 Å². The van der Waals surface area contributed by atoms with Crippen LogP contribution in [0.5, 0.6) is 5.75 Å². The summed E-state index contributed by atoms with van der Waals surface area (Å²) in [5.74, 6) is 0.491.